The lowest BCUT2D eigenvalue weighted by Crippen LogP contribution is -2.05. The minimum atomic E-state index is -0.516. The maximum atomic E-state index is 11.7. The Morgan fingerprint density at radius 1 is 1.10 bits per heavy atom. The van der Waals surface area contributed by atoms with Crippen LogP contribution in [0.3, 0.4) is 0 Å². The van der Waals surface area contributed by atoms with Gasteiger partial charge in [0.25, 0.3) is 5.69 Å². The lowest BCUT2D eigenvalue weighted by molar-refractivity contribution is -0.384. The third kappa shape index (κ3) is 4.28. The van der Waals surface area contributed by atoms with Gasteiger partial charge in [-0.25, -0.2) is 4.79 Å². The van der Waals surface area contributed by atoms with Gasteiger partial charge in [-0.1, -0.05) is 36.4 Å². The van der Waals surface area contributed by atoms with Gasteiger partial charge in [0.05, 0.1) is 10.5 Å². The Kier molecular flexibility index (Phi) is 4.82. The van der Waals surface area contributed by atoms with E-state index in [1.165, 1.54) is 24.3 Å². The molecule has 106 valence electrons. The number of carbonyl (C=O) groups is 1. The quantitative estimate of drug-likeness (QED) is 0.478. The van der Waals surface area contributed by atoms with Gasteiger partial charge < -0.3 is 4.74 Å². The zero-order valence-corrected chi connectivity index (χ0v) is 11.1. The number of rotatable bonds is 5. The molecular formula is C16H13NO4. The lowest BCUT2D eigenvalue weighted by atomic mass is 10.2. The summed E-state index contributed by atoms with van der Waals surface area (Å²) >= 11 is 0. The standard InChI is InChI=1S/C16H13NO4/c18-16(14-8-10-15(11-9-14)17(19)20)21-12-4-7-13-5-2-1-3-6-13/h1-11H,12H2. The molecule has 0 aliphatic heterocycles. The maximum absolute atomic E-state index is 11.7. The van der Waals surface area contributed by atoms with Crippen LogP contribution < -0.4 is 0 Å². The highest BCUT2D eigenvalue weighted by molar-refractivity contribution is 5.89. The average molecular weight is 283 g/mol. The van der Waals surface area contributed by atoms with E-state index in [2.05, 4.69) is 0 Å². The number of nitro benzene ring substituents is 1. The van der Waals surface area contributed by atoms with Crippen molar-refractivity contribution in [3.8, 4) is 0 Å². The molecule has 0 bridgehead atoms. The second-order valence-electron chi connectivity index (χ2n) is 4.22. The largest absolute Gasteiger partial charge is 0.458 e. The molecule has 0 saturated carbocycles. The molecule has 0 N–H and O–H groups in total. The molecule has 0 saturated heterocycles. The molecule has 5 heteroatoms. The summed E-state index contributed by atoms with van der Waals surface area (Å²) in [7, 11) is 0. The molecule has 0 heterocycles. The van der Waals surface area contributed by atoms with E-state index >= 15 is 0 Å². The normalized spacial score (nSPS) is 10.5. The van der Waals surface area contributed by atoms with E-state index in [9.17, 15) is 14.9 Å². The molecule has 0 spiro atoms. The van der Waals surface area contributed by atoms with Gasteiger partial charge in [0.15, 0.2) is 0 Å². The third-order valence-corrected chi connectivity index (χ3v) is 2.73. The smallest absolute Gasteiger partial charge is 0.338 e. The number of nitro groups is 1. The van der Waals surface area contributed by atoms with Crippen LogP contribution in [0.2, 0.25) is 0 Å². The predicted octanol–water partition coefficient (Wildman–Crippen LogP) is 3.47. The summed E-state index contributed by atoms with van der Waals surface area (Å²) < 4.78 is 5.05. The van der Waals surface area contributed by atoms with E-state index < -0.39 is 10.9 Å². The Morgan fingerprint density at radius 3 is 2.38 bits per heavy atom. The van der Waals surface area contributed by atoms with Crippen molar-refractivity contribution in [3.63, 3.8) is 0 Å². The van der Waals surface area contributed by atoms with Crippen molar-refractivity contribution in [2.75, 3.05) is 6.61 Å². The van der Waals surface area contributed by atoms with Crippen LogP contribution in [0.4, 0.5) is 5.69 Å². The molecule has 2 rings (SSSR count). The average Bonchev–Trinajstić information content (AvgIpc) is 2.52. The summed E-state index contributed by atoms with van der Waals surface area (Å²) in [5.74, 6) is -0.511. The molecule has 5 nitrogen and oxygen atoms in total. The lowest BCUT2D eigenvalue weighted by Gasteiger charge is -2.01. The first-order valence-electron chi connectivity index (χ1n) is 6.30. The third-order valence-electron chi connectivity index (χ3n) is 2.73. The Bertz CT molecular complexity index is 648. The molecule has 0 radical (unpaired) electrons. The summed E-state index contributed by atoms with van der Waals surface area (Å²) in [4.78, 5) is 21.7. The highest BCUT2D eigenvalue weighted by atomic mass is 16.6. The summed E-state index contributed by atoms with van der Waals surface area (Å²) in [6.07, 6.45) is 3.59. The first-order chi connectivity index (χ1) is 10.2. The number of ether oxygens (including phenoxy) is 1. The zero-order chi connectivity index (χ0) is 15.1. The molecule has 2 aromatic carbocycles. The van der Waals surface area contributed by atoms with E-state index in [0.717, 1.165) is 5.56 Å². The second-order valence-corrected chi connectivity index (χ2v) is 4.22. The van der Waals surface area contributed by atoms with E-state index in [1.54, 1.807) is 6.08 Å². The first kappa shape index (κ1) is 14.5. The van der Waals surface area contributed by atoms with Crippen molar-refractivity contribution in [1.82, 2.24) is 0 Å². The number of esters is 1. The van der Waals surface area contributed by atoms with Crippen LogP contribution >= 0.6 is 0 Å². The Morgan fingerprint density at radius 2 is 1.76 bits per heavy atom. The van der Waals surface area contributed by atoms with Crippen LogP contribution in [-0.2, 0) is 4.74 Å². The number of hydrogen-bond acceptors (Lipinski definition) is 4. The Labute approximate surface area is 121 Å². The summed E-state index contributed by atoms with van der Waals surface area (Å²) in [5.41, 5.74) is 1.24. The van der Waals surface area contributed by atoms with Crippen molar-refractivity contribution in [2.24, 2.45) is 0 Å². The van der Waals surface area contributed by atoms with Gasteiger partial charge in [-0.15, -0.1) is 0 Å². The van der Waals surface area contributed by atoms with Gasteiger partial charge in [0.2, 0.25) is 0 Å². The van der Waals surface area contributed by atoms with Crippen molar-refractivity contribution >= 4 is 17.7 Å². The van der Waals surface area contributed by atoms with Gasteiger partial charge in [-0.05, 0) is 23.8 Å². The SMILES string of the molecule is O=C(OCC=Cc1ccccc1)c1ccc([N+](=O)[O-])cc1. The van der Waals surface area contributed by atoms with Crippen LogP contribution in [-0.4, -0.2) is 17.5 Å². The molecule has 2 aromatic rings. The molecule has 0 fully saturated rings. The molecule has 0 aliphatic carbocycles. The fourth-order valence-electron chi connectivity index (χ4n) is 1.67. The highest BCUT2D eigenvalue weighted by Gasteiger charge is 2.09. The molecule has 0 amide bonds. The topological polar surface area (TPSA) is 69.4 Å². The minimum absolute atomic E-state index is 0.0597. The number of nitrogens with zero attached hydrogens (tertiary/aromatic N) is 1. The van der Waals surface area contributed by atoms with Gasteiger partial charge in [0.1, 0.15) is 6.61 Å². The zero-order valence-electron chi connectivity index (χ0n) is 11.1. The van der Waals surface area contributed by atoms with E-state index in [1.807, 2.05) is 36.4 Å². The minimum Gasteiger partial charge on any atom is -0.458 e. The Hall–Kier alpha value is -2.95. The maximum Gasteiger partial charge on any atom is 0.338 e. The van der Waals surface area contributed by atoms with Gasteiger partial charge >= 0.3 is 5.97 Å². The van der Waals surface area contributed by atoms with Crippen molar-refractivity contribution in [3.05, 3.63) is 81.9 Å². The summed E-state index contributed by atoms with van der Waals surface area (Å²) in [5, 5.41) is 10.5. The number of benzene rings is 2. The van der Waals surface area contributed by atoms with Crippen molar-refractivity contribution < 1.29 is 14.5 Å². The number of carbonyl (C=O) groups excluding carboxylic acids is 1. The van der Waals surface area contributed by atoms with Crippen LogP contribution in [0.1, 0.15) is 15.9 Å². The molecule has 21 heavy (non-hydrogen) atoms. The fraction of sp³-hybridized carbons (Fsp3) is 0.0625. The van der Waals surface area contributed by atoms with Crippen LogP contribution in [0.5, 0.6) is 0 Å². The first-order valence-corrected chi connectivity index (χ1v) is 6.30. The molecule has 0 aromatic heterocycles. The van der Waals surface area contributed by atoms with Gasteiger partial charge in [-0.3, -0.25) is 10.1 Å². The Balaban J connectivity index is 1.87. The monoisotopic (exact) mass is 283 g/mol. The highest BCUT2D eigenvalue weighted by Crippen LogP contribution is 2.12. The predicted molar refractivity (Wildman–Crippen MR) is 78.9 cm³/mol. The van der Waals surface area contributed by atoms with Gasteiger partial charge in [-0.2, -0.15) is 0 Å². The van der Waals surface area contributed by atoms with Gasteiger partial charge in [0, 0.05) is 12.1 Å². The second kappa shape index (κ2) is 7.00. The van der Waals surface area contributed by atoms with Crippen LogP contribution in [0, 0.1) is 10.1 Å². The van der Waals surface area contributed by atoms with E-state index in [4.69, 9.17) is 4.74 Å². The molecule has 0 unspecified atom stereocenters. The van der Waals surface area contributed by atoms with Crippen molar-refractivity contribution in [2.45, 2.75) is 0 Å². The van der Waals surface area contributed by atoms with E-state index in [-0.39, 0.29) is 17.9 Å². The molecule has 0 atom stereocenters. The summed E-state index contributed by atoms with van der Waals surface area (Å²) in [6, 6.07) is 14.9. The fourth-order valence-corrected chi connectivity index (χ4v) is 1.67. The van der Waals surface area contributed by atoms with Crippen LogP contribution in [0.15, 0.2) is 60.7 Å². The summed E-state index contributed by atoms with van der Waals surface area (Å²) in [6.45, 7) is 0.144. The van der Waals surface area contributed by atoms with Crippen molar-refractivity contribution in [1.29, 1.82) is 0 Å². The molecular weight excluding hydrogens is 270 g/mol. The number of non-ortho nitro benzene ring substituents is 1. The van der Waals surface area contributed by atoms with Crippen LogP contribution in [0.25, 0.3) is 6.08 Å². The molecule has 0 aliphatic rings. The van der Waals surface area contributed by atoms with E-state index in [0.29, 0.717) is 0 Å². The number of hydrogen-bond donors (Lipinski definition) is 0.